The van der Waals surface area contributed by atoms with Crippen molar-refractivity contribution >= 4 is 23.7 Å². The molecule has 26 heavy (non-hydrogen) atoms. The smallest absolute Gasteiger partial charge is 0.307 e. The molecule has 3 rings (SSSR count). The number of para-hydroxylation sites is 1. The lowest BCUT2D eigenvalue weighted by Gasteiger charge is -2.10. The number of benzene rings is 2. The van der Waals surface area contributed by atoms with Gasteiger partial charge in [0.05, 0.1) is 6.21 Å². The maximum absolute atomic E-state index is 11.9. The molecule has 1 heterocycles. The first-order chi connectivity index (χ1) is 12.6. The summed E-state index contributed by atoms with van der Waals surface area (Å²) in [6.07, 6.45) is 1.52. The number of furan rings is 1. The van der Waals surface area contributed by atoms with Gasteiger partial charge in [0.2, 0.25) is 0 Å². The molecule has 0 radical (unpaired) electrons. The Kier molecular flexibility index (Phi) is 5.71. The van der Waals surface area contributed by atoms with Crippen LogP contribution in [0.1, 0.15) is 27.4 Å². The first kappa shape index (κ1) is 17.8. The van der Waals surface area contributed by atoms with Crippen molar-refractivity contribution in [2.75, 3.05) is 0 Å². The van der Waals surface area contributed by atoms with Crippen LogP contribution in [0.4, 0.5) is 0 Å². The quantitative estimate of drug-likeness (QED) is 0.511. The van der Waals surface area contributed by atoms with Crippen LogP contribution in [0.5, 0.6) is 5.75 Å². The Morgan fingerprint density at radius 2 is 1.92 bits per heavy atom. The topological polar surface area (TPSA) is 63.8 Å². The third-order valence-electron chi connectivity index (χ3n) is 3.59. The molecule has 0 unspecified atom stereocenters. The maximum atomic E-state index is 11.9. The summed E-state index contributed by atoms with van der Waals surface area (Å²) in [7, 11) is 0. The standard InChI is InChI=1S/C20H17ClN2O3/c1-14-10-11-19(26-14)20(24)23-22-12-15-6-3-5-9-18(15)25-13-16-7-2-4-8-17(16)21/h2-12H,13H2,1H3,(H,23,24)/b22-12+. The van der Waals surface area contributed by atoms with Crippen molar-refractivity contribution in [3.05, 3.63) is 88.3 Å². The fraction of sp³-hybridized carbons (Fsp3) is 0.100. The summed E-state index contributed by atoms with van der Waals surface area (Å²) in [5.74, 6) is 1.10. The molecule has 3 aromatic rings. The van der Waals surface area contributed by atoms with Gasteiger partial charge < -0.3 is 9.15 Å². The fourth-order valence-corrected chi connectivity index (χ4v) is 2.45. The predicted molar refractivity (Wildman–Crippen MR) is 101 cm³/mol. The van der Waals surface area contributed by atoms with E-state index in [1.807, 2.05) is 48.5 Å². The molecule has 1 amide bonds. The number of nitrogens with one attached hydrogen (secondary N) is 1. The van der Waals surface area contributed by atoms with E-state index in [-0.39, 0.29) is 5.76 Å². The van der Waals surface area contributed by atoms with Crippen molar-refractivity contribution in [3.8, 4) is 5.75 Å². The summed E-state index contributed by atoms with van der Waals surface area (Å²) in [6.45, 7) is 2.11. The van der Waals surface area contributed by atoms with Crippen molar-refractivity contribution in [2.24, 2.45) is 5.10 Å². The predicted octanol–water partition coefficient (Wildman–Crippen LogP) is 4.58. The lowest BCUT2D eigenvalue weighted by atomic mass is 10.2. The average molecular weight is 369 g/mol. The van der Waals surface area contributed by atoms with Gasteiger partial charge in [-0.25, -0.2) is 5.43 Å². The zero-order valence-corrected chi connectivity index (χ0v) is 14.9. The summed E-state index contributed by atoms with van der Waals surface area (Å²) in [5.41, 5.74) is 4.05. The molecule has 5 nitrogen and oxygen atoms in total. The molecule has 0 atom stereocenters. The number of rotatable bonds is 6. The molecule has 132 valence electrons. The van der Waals surface area contributed by atoms with E-state index in [0.717, 1.165) is 11.1 Å². The van der Waals surface area contributed by atoms with E-state index in [1.165, 1.54) is 6.21 Å². The molecule has 2 aromatic carbocycles. The Balaban J connectivity index is 1.65. The van der Waals surface area contributed by atoms with Crippen molar-refractivity contribution in [3.63, 3.8) is 0 Å². The fourth-order valence-electron chi connectivity index (χ4n) is 2.26. The second kappa shape index (κ2) is 8.36. The SMILES string of the molecule is Cc1ccc(C(=O)N/N=C/c2ccccc2OCc2ccccc2Cl)o1. The number of carbonyl (C=O) groups excluding carboxylic acids is 1. The van der Waals surface area contributed by atoms with Crippen LogP contribution in [-0.2, 0) is 6.61 Å². The molecule has 0 saturated carbocycles. The number of halogens is 1. The van der Waals surface area contributed by atoms with Crippen LogP contribution in [0, 0.1) is 6.92 Å². The highest BCUT2D eigenvalue weighted by molar-refractivity contribution is 6.31. The van der Waals surface area contributed by atoms with Gasteiger partial charge in [-0.15, -0.1) is 0 Å². The first-order valence-corrected chi connectivity index (χ1v) is 8.36. The Bertz CT molecular complexity index is 934. The summed E-state index contributed by atoms with van der Waals surface area (Å²) in [4.78, 5) is 11.9. The minimum atomic E-state index is -0.413. The van der Waals surface area contributed by atoms with Crippen molar-refractivity contribution in [2.45, 2.75) is 13.5 Å². The minimum absolute atomic E-state index is 0.211. The average Bonchev–Trinajstić information content (AvgIpc) is 3.08. The first-order valence-electron chi connectivity index (χ1n) is 7.98. The van der Waals surface area contributed by atoms with Crippen LogP contribution in [0.2, 0.25) is 5.02 Å². The maximum Gasteiger partial charge on any atom is 0.307 e. The number of nitrogens with zero attached hydrogens (tertiary/aromatic N) is 1. The lowest BCUT2D eigenvalue weighted by molar-refractivity contribution is 0.0926. The Hall–Kier alpha value is -3.05. The van der Waals surface area contributed by atoms with E-state index in [9.17, 15) is 4.79 Å². The van der Waals surface area contributed by atoms with Crippen molar-refractivity contribution in [1.82, 2.24) is 5.43 Å². The number of hydrogen-bond donors (Lipinski definition) is 1. The molecular weight excluding hydrogens is 352 g/mol. The van der Waals surface area contributed by atoms with Crippen molar-refractivity contribution in [1.29, 1.82) is 0 Å². The highest BCUT2D eigenvalue weighted by Gasteiger charge is 2.08. The summed E-state index contributed by atoms with van der Waals surface area (Å²) < 4.78 is 11.1. The molecule has 0 aliphatic rings. The Labute approximate surface area is 156 Å². The molecule has 0 saturated heterocycles. The Morgan fingerprint density at radius 1 is 1.15 bits per heavy atom. The molecule has 0 bridgehead atoms. The third kappa shape index (κ3) is 4.52. The summed E-state index contributed by atoms with van der Waals surface area (Å²) in [6, 6.07) is 18.2. The second-order valence-electron chi connectivity index (χ2n) is 5.53. The van der Waals surface area contributed by atoms with Gasteiger partial charge in [-0.05, 0) is 37.3 Å². The second-order valence-corrected chi connectivity index (χ2v) is 5.93. The zero-order valence-electron chi connectivity index (χ0n) is 14.1. The van der Waals surface area contributed by atoms with E-state index in [4.69, 9.17) is 20.8 Å². The van der Waals surface area contributed by atoms with Gasteiger partial charge >= 0.3 is 5.91 Å². The van der Waals surface area contributed by atoms with Gasteiger partial charge in [0.25, 0.3) is 0 Å². The Morgan fingerprint density at radius 3 is 2.69 bits per heavy atom. The van der Waals surface area contributed by atoms with Crippen LogP contribution in [-0.4, -0.2) is 12.1 Å². The molecule has 0 fully saturated rings. The van der Waals surface area contributed by atoms with E-state index < -0.39 is 5.91 Å². The number of amides is 1. The third-order valence-corrected chi connectivity index (χ3v) is 3.96. The molecular formula is C20H17ClN2O3. The molecule has 1 N–H and O–H groups in total. The van der Waals surface area contributed by atoms with E-state index >= 15 is 0 Å². The largest absolute Gasteiger partial charge is 0.488 e. The van der Waals surface area contributed by atoms with Crippen molar-refractivity contribution < 1.29 is 13.9 Å². The number of ether oxygens (including phenoxy) is 1. The van der Waals surface area contributed by atoms with Gasteiger partial charge in [-0.1, -0.05) is 41.9 Å². The minimum Gasteiger partial charge on any atom is -0.488 e. The van der Waals surface area contributed by atoms with Crippen LogP contribution in [0.3, 0.4) is 0 Å². The molecule has 0 aliphatic heterocycles. The van der Waals surface area contributed by atoms with E-state index in [0.29, 0.717) is 23.1 Å². The summed E-state index contributed by atoms with van der Waals surface area (Å²) in [5, 5.41) is 4.62. The molecule has 1 aromatic heterocycles. The molecule has 0 spiro atoms. The summed E-state index contributed by atoms with van der Waals surface area (Å²) >= 11 is 6.15. The van der Waals surface area contributed by atoms with Crippen LogP contribution in [0.15, 0.2) is 70.2 Å². The lowest BCUT2D eigenvalue weighted by Crippen LogP contribution is -2.16. The number of hydrazone groups is 1. The van der Waals surface area contributed by atoms with Gasteiger partial charge in [-0.3, -0.25) is 4.79 Å². The molecule has 0 aliphatic carbocycles. The van der Waals surface area contributed by atoms with E-state index in [1.54, 1.807) is 19.1 Å². The van der Waals surface area contributed by atoms with Gasteiger partial charge in [0.1, 0.15) is 18.1 Å². The monoisotopic (exact) mass is 368 g/mol. The van der Waals surface area contributed by atoms with Gasteiger partial charge in [-0.2, -0.15) is 5.10 Å². The zero-order chi connectivity index (χ0) is 18.4. The van der Waals surface area contributed by atoms with E-state index in [2.05, 4.69) is 10.5 Å². The highest BCUT2D eigenvalue weighted by atomic mass is 35.5. The number of aryl methyl sites for hydroxylation is 1. The number of carbonyl (C=O) groups is 1. The highest BCUT2D eigenvalue weighted by Crippen LogP contribution is 2.20. The van der Waals surface area contributed by atoms with Crippen LogP contribution < -0.4 is 10.2 Å². The van der Waals surface area contributed by atoms with Gasteiger partial charge in [0, 0.05) is 16.1 Å². The number of hydrogen-bond acceptors (Lipinski definition) is 4. The molecule has 6 heteroatoms. The van der Waals surface area contributed by atoms with Crippen LogP contribution >= 0.6 is 11.6 Å². The van der Waals surface area contributed by atoms with Crippen LogP contribution in [0.25, 0.3) is 0 Å². The van der Waals surface area contributed by atoms with Gasteiger partial charge in [0.15, 0.2) is 5.76 Å². The normalized spacial score (nSPS) is 10.8.